The van der Waals surface area contributed by atoms with E-state index in [1.54, 1.807) is 0 Å². The first-order valence-electron chi connectivity index (χ1n) is 6.17. The van der Waals surface area contributed by atoms with Crippen LogP contribution in [0.15, 0.2) is 6.33 Å². The van der Waals surface area contributed by atoms with Gasteiger partial charge in [0.1, 0.15) is 23.9 Å². The van der Waals surface area contributed by atoms with Gasteiger partial charge in [-0.2, -0.15) is 5.26 Å². The Balaban J connectivity index is 1.75. The third-order valence-electron chi connectivity index (χ3n) is 3.15. The summed E-state index contributed by atoms with van der Waals surface area (Å²) in [6.07, 6.45) is 4.39. The van der Waals surface area contributed by atoms with Crippen molar-refractivity contribution < 1.29 is 4.79 Å². The SMILES string of the molecule is N#Cc1c(NC(=O)Cn2cnc(N)n2)sc2c1CCC2. The first-order valence-corrected chi connectivity index (χ1v) is 6.98. The maximum Gasteiger partial charge on any atom is 0.246 e. The maximum atomic E-state index is 11.9. The minimum atomic E-state index is -0.244. The Morgan fingerprint density at radius 1 is 1.60 bits per heavy atom. The van der Waals surface area contributed by atoms with Crippen LogP contribution in [0, 0.1) is 11.3 Å². The lowest BCUT2D eigenvalue weighted by Gasteiger charge is -2.03. The van der Waals surface area contributed by atoms with Gasteiger partial charge in [-0.25, -0.2) is 9.67 Å². The second-order valence-corrected chi connectivity index (χ2v) is 5.63. The van der Waals surface area contributed by atoms with Crippen LogP contribution in [-0.2, 0) is 24.2 Å². The molecule has 2 aromatic heterocycles. The molecule has 1 aliphatic carbocycles. The van der Waals surface area contributed by atoms with E-state index >= 15 is 0 Å². The molecule has 3 N–H and O–H groups in total. The summed E-state index contributed by atoms with van der Waals surface area (Å²) in [6, 6.07) is 2.19. The number of hydrogen-bond acceptors (Lipinski definition) is 6. The summed E-state index contributed by atoms with van der Waals surface area (Å²) in [5.41, 5.74) is 7.09. The summed E-state index contributed by atoms with van der Waals surface area (Å²) in [6.45, 7) is 0.0254. The molecule has 2 aromatic rings. The Morgan fingerprint density at radius 3 is 3.15 bits per heavy atom. The second-order valence-electron chi connectivity index (χ2n) is 4.52. The number of carbonyl (C=O) groups excluding carboxylic acids is 1. The number of thiophene rings is 1. The van der Waals surface area contributed by atoms with Gasteiger partial charge < -0.3 is 11.1 Å². The highest BCUT2D eigenvalue weighted by molar-refractivity contribution is 7.16. The number of anilines is 2. The Hall–Kier alpha value is -2.40. The van der Waals surface area contributed by atoms with Crippen molar-refractivity contribution in [1.29, 1.82) is 5.26 Å². The van der Waals surface area contributed by atoms with Crippen LogP contribution in [0.25, 0.3) is 0 Å². The normalized spacial score (nSPS) is 12.9. The van der Waals surface area contributed by atoms with Gasteiger partial charge in [0.15, 0.2) is 0 Å². The van der Waals surface area contributed by atoms with E-state index in [0.29, 0.717) is 10.6 Å². The molecule has 102 valence electrons. The first kappa shape index (κ1) is 12.6. The van der Waals surface area contributed by atoms with Crippen LogP contribution in [0.3, 0.4) is 0 Å². The molecule has 0 saturated carbocycles. The maximum absolute atomic E-state index is 11.9. The summed E-state index contributed by atoms with van der Waals surface area (Å²) < 4.78 is 1.36. The monoisotopic (exact) mass is 288 g/mol. The van der Waals surface area contributed by atoms with Crippen LogP contribution in [0.2, 0.25) is 0 Å². The van der Waals surface area contributed by atoms with Crippen LogP contribution in [0.5, 0.6) is 0 Å². The summed E-state index contributed by atoms with van der Waals surface area (Å²) >= 11 is 1.49. The number of nitrogens with one attached hydrogen (secondary N) is 1. The molecule has 0 fully saturated rings. The number of fused-ring (bicyclic) bond motifs is 1. The lowest BCUT2D eigenvalue weighted by molar-refractivity contribution is -0.116. The van der Waals surface area contributed by atoms with E-state index in [-0.39, 0.29) is 18.4 Å². The molecule has 0 aromatic carbocycles. The number of nitrogens with zero attached hydrogens (tertiary/aromatic N) is 4. The van der Waals surface area contributed by atoms with Crippen molar-refractivity contribution in [3.05, 3.63) is 22.3 Å². The Morgan fingerprint density at radius 2 is 2.45 bits per heavy atom. The van der Waals surface area contributed by atoms with E-state index in [1.807, 2.05) is 0 Å². The first-order chi connectivity index (χ1) is 9.67. The van der Waals surface area contributed by atoms with Gasteiger partial charge in [0, 0.05) is 4.88 Å². The zero-order chi connectivity index (χ0) is 14.1. The molecule has 0 saturated heterocycles. The minimum Gasteiger partial charge on any atom is -0.367 e. The average molecular weight is 288 g/mol. The number of rotatable bonds is 3. The highest BCUT2D eigenvalue weighted by Crippen LogP contribution is 2.38. The Kier molecular flexibility index (Phi) is 3.12. The highest BCUT2D eigenvalue weighted by Gasteiger charge is 2.23. The van der Waals surface area contributed by atoms with E-state index in [2.05, 4.69) is 21.5 Å². The number of nitrogens with two attached hydrogens (primary N) is 1. The zero-order valence-corrected chi connectivity index (χ0v) is 11.4. The van der Waals surface area contributed by atoms with Crippen molar-refractivity contribution in [3.63, 3.8) is 0 Å². The fraction of sp³-hybridized carbons (Fsp3) is 0.333. The molecule has 2 heterocycles. The number of aryl methyl sites for hydroxylation is 1. The van der Waals surface area contributed by atoms with Gasteiger partial charge in [0.25, 0.3) is 0 Å². The Bertz CT molecular complexity index is 710. The molecule has 1 amide bonds. The summed E-state index contributed by atoms with van der Waals surface area (Å²) in [4.78, 5) is 16.9. The van der Waals surface area contributed by atoms with Crippen LogP contribution >= 0.6 is 11.3 Å². The van der Waals surface area contributed by atoms with E-state index in [9.17, 15) is 10.1 Å². The summed E-state index contributed by atoms with van der Waals surface area (Å²) in [5.74, 6) is -0.114. The van der Waals surface area contributed by atoms with E-state index in [4.69, 9.17) is 5.73 Å². The van der Waals surface area contributed by atoms with Crippen LogP contribution in [0.4, 0.5) is 10.9 Å². The summed E-state index contributed by atoms with van der Waals surface area (Å²) in [7, 11) is 0. The van der Waals surface area contributed by atoms with Gasteiger partial charge in [-0.1, -0.05) is 0 Å². The molecule has 0 bridgehead atoms. The van der Waals surface area contributed by atoms with Crippen molar-refractivity contribution in [3.8, 4) is 6.07 Å². The molecule has 3 rings (SSSR count). The van der Waals surface area contributed by atoms with E-state index in [1.165, 1.54) is 27.2 Å². The van der Waals surface area contributed by atoms with Crippen molar-refractivity contribution in [1.82, 2.24) is 14.8 Å². The molecular formula is C12H12N6OS. The van der Waals surface area contributed by atoms with Crippen molar-refractivity contribution in [2.24, 2.45) is 0 Å². The van der Waals surface area contributed by atoms with Gasteiger partial charge in [-0.05, 0) is 24.8 Å². The number of hydrogen-bond donors (Lipinski definition) is 2. The quantitative estimate of drug-likeness (QED) is 0.872. The Labute approximate surface area is 119 Å². The molecule has 0 unspecified atom stereocenters. The minimum absolute atomic E-state index is 0.0254. The molecule has 20 heavy (non-hydrogen) atoms. The molecule has 0 atom stereocenters. The number of nitrogen functional groups attached to an aromatic ring is 1. The zero-order valence-electron chi connectivity index (χ0n) is 10.6. The predicted molar refractivity (Wildman–Crippen MR) is 74.1 cm³/mol. The van der Waals surface area contributed by atoms with Gasteiger partial charge in [-0.3, -0.25) is 4.79 Å². The summed E-state index contributed by atoms with van der Waals surface area (Å²) in [5, 5.41) is 16.5. The van der Waals surface area contributed by atoms with E-state index in [0.717, 1.165) is 24.8 Å². The number of carbonyl (C=O) groups is 1. The smallest absolute Gasteiger partial charge is 0.246 e. The molecule has 8 heteroatoms. The van der Waals surface area contributed by atoms with Crippen molar-refractivity contribution in [2.75, 3.05) is 11.1 Å². The lowest BCUT2D eigenvalue weighted by atomic mass is 10.1. The fourth-order valence-electron chi connectivity index (χ4n) is 2.31. The van der Waals surface area contributed by atoms with Gasteiger partial charge in [0.05, 0.1) is 5.56 Å². The van der Waals surface area contributed by atoms with Crippen LogP contribution in [-0.4, -0.2) is 20.7 Å². The average Bonchev–Trinajstić information content (AvgIpc) is 3.05. The number of amides is 1. The molecule has 0 aliphatic heterocycles. The third-order valence-corrected chi connectivity index (χ3v) is 4.35. The number of aromatic nitrogens is 3. The number of nitriles is 1. The fourth-order valence-corrected chi connectivity index (χ4v) is 3.57. The van der Waals surface area contributed by atoms with Gasteiger partial charge in [-0.15, -0.1) is 16.4 Å². The predicted octanol–water partition coefficient (Wildman–Crippen LogP) is 0.921. The van der Waals surface area contributed by atoms with Crippen LogP contribution in [0.1, 0.15) is 22.4 Å². The van der Waals surface area contributed by atoms with Gasteiger partial charge >= 0.3 is 0 Å². The lowest BCUT2D eigenvalue weighted by Crippen LogP contribution is -2.19. The molecule has 0 spiro atoms. The third kappa shape index (κ3) is 2.23. The largest absolute Gasteiger partial charge is 0.367 e. The standard InChI is InChI=1S/C12H12N6OS/c13-4-8-7-2-1-3-9(7)20-11(8)16-10(19)5-18-6-15-12(14)17-18/h6H,1-3,5H2,(H2,14,17)(H,16,19). The van der Waals surface area contributed by atoms with Crippen molar-refractivity contribution >= 4 is 28.2 Å². The van der Waals surface area contributed by atoms with Crippen LogP contribution < -0.4 is 11.1 Å². The molecular weight excluding hydrogens is 276 g/mol. The molecule has 0 radical (unpaired) electrons. The highest BCUT2D eigenvalue weighted by atomic mass is 32.1. The van der Waals surface area contributed by atoms with E-state index < -0.39 is 0 Å². The second kappa shape index (κ2) is 4.94. The molecule has 1 aliphatic rings. The topological polar surface area (TPSA) is 110 Å². The van der Waals surface area contributed by atoms with Crippen molar-refractivity contribution in [2.45, 2.75) is 25.8 Å². The van der Waals surface area contributed by atoms with Gasteiger partial charge in [0.2, 0.25) is 11.9 Å². The molecule has 7 nitrogen and oxygen atoms in total.